The summed E-state index contributed by atoms with van der Waals surface area (Å²) in [4.78, 5) is 41.1. The maximum absolute atomic E-state index is 13.1. The summed E-state index contributed by atoms with van der Waals surface area (Å²) >= 11 is 0. The summed E-state index contributed by atoms with van der Waals surface area (Å²) in [5.41, 5.74) is 2.55. The van der Waals surface area contributed by atoms with Crippen LogP contribution in [0.4, 0.5) is 5.69 Å². The Labute approximate surface area is 163 Å². The van der Waals surface area contributed by atoms with Crippen LogP contribution in [0.5, 0.6) is 5.75 Å². The number of Topliss-reactive ketones (excluding diaryl/α,β-unsaturated/α-hetero) is 1. The van der Waals surface area contributed by atoms with Crippen LogP contribution >= 0.6 is 0 Å². The molecule has 28 heavy (non-hydrogen) atoms. The summed E-state index contributed by atoms with van der Waals surface area (Å²) in [6.45, 7) is 6.13. The smallest absolute Gasteiger partial charge is 0.265 e. The second-order valence-electron chi connectivity index (χ2n) is 6.89. The quantitative estimate of drug-likeness (QED) is 0.595. The topological polar surface area (TPSA) is 66.9 Å². The van der Waals surface area contributed by atoms with Gasteiger partial charge >= 0.3 is 0 Å². The van der Waals surface area contributed by atoms with Gasteiger partial charge in [0.1, 0.15) is 5.75 Å². The van der Waals surface area contributed by atoms with E-state index in [1.165, 1.54) is 0 Å². The average molecular weight is 376 g/mol. The van der Waals surface area contributed by atoms with E-state index in [1.807, 2.05) is 18.2 Å². The van der Waals surface area contributed by atoms with Crippen molar-refractivity contribution >= 4 is 23.3 Å². The van der Waals surface area contributed by atoms with Gasteiger partial charge in [-0.3, -0.25) is 14.4 Å². The van der Waals surface area contributed by atoms with Crippen molar-refractivity contribution in [1.29, 1.82) is 0 Å². The second kappa shape index (κ2) is 6.96. The minimum atomic E-state index is -0.619. The molecule has 0 aromatic heterocycles. The van der Waals surface area contributed by atoms with Crippen LogP contribution in [0.1, 0.15) is 33.2 Å². The van der Waals surface area contributed by atoms with E-state index in [0.29, 0.717) is 35.7 Å². The first-order valence-electron chi connectivity index (χ1n) is 9.12. The zero-order valence-corrected chi connectivity index (χ0v) is 15.6. The van der Waals surface area contributed by atoms with Gasteiger partial charge in [-0.25, -0.2) is 0 Å². The van der Waals surface area contributed by atoms with Crippen LogP contribution in [0, 0.1) is 0 Å². The number of hydrogen-bond acceptors (Lipinski definition) is 4. The van der Waals surface area contributed by atoms with Crippen molar-refractivity contribution in [1.82, 2.24) is 4.90 Å². The molecule has 6 heteroatoms. The van der Waals surface area contributed by atoms with Gasteiger partial charge in [0.25, 0.3) is 11.8 Å². The van der Waals surface area contributed by atoms with Crippen molar-refractivity contribution in [2.45, 2.75) is 19.5 Å². The summed E-state index contributed by atoms with van der Waals surface area (Å²) in [7, 11) is 0. The largest absolute Gasteiger partial charge is 0.482 e. The molecule has 4 rings (SSSR count). The first-order valence-corrected chi connectivity index (χ1v) is 9.12. The fraction of sp³-hybridized carbons (Fsp3) is 0.227. The van der Waals surface area contributed by atoms with E-state index < -0.39 is 6.04 Å². The molecule has 0 radical (unpaired) electrons. The predicted molar refractivity (Wildman–Crippen MR) is 105 cm³/mol. The third-order valence-corrected chi connectivity index (χ3v) is 5.19. The Morgan fingerprint density at radius 3 is 2.79 bits per heavy atom. The summed E-state index contributed by atoms with van der Waals surface area (Å²) < 4.78 is 5.47. The minimum Gasteiger partial charge on any atom is -0.482 e. The van der Waals surface area contributed by atoms with Crippen LogP contribution < -0.4 is 9.64 Å². The molecule has 2 heterocycles. The fourth-order valence-corrected chi connectivity index (χ4v) is 3.66. The molecule has 2 aliphatic heterocycles. The van der Waals surface area contributed by atoms with Crippen molar-refractivity contribution in [3.8, 4) is 5.75 Å². The van der Waals surface area contributed by atoms with Crippen molar-refractivity contribution in [2.75, 3.05) is 18.1 Å². The zero-order valence-electron chi connectivity index (χ0n) is 15.6. The van der Waals surface area contributed by atoms with E-state index in [2.05, 4.69) is 6.58 Å². The molecule has 0 spiro atoms. The molecule has 6 nitrogen and oxygen atoms in total. The molecule has 2 aromatic rings. The number of rotatable bonds is 5. The number of benzene rings is 2. The number of anilines is 1. The monoisotopic (exact) mass is 376 g/mol. The Morgan fingerprint density at radius 2 is 2.04 bits per heavy atom. The molecule has 0 N–H and O–H groups in total. The maximum Gasteiger partial charge on any atom is 0.265 e. The van der Waals surface area contributed by atoms with Crippen LogP contribution in [0.15, 0.2) is 55.1 Å². The number of ketones is 1. The summed E-state index contributed by atoms with van der Waals surface area (Å²) in [6.07, 6.45) is 1.63. The minimum absolute atomic E-state index is 0.0366. The van der Waals surface area contributed by atoms with Crippen LogP contribution in [-0.4, -0.2) is 41.7 Å². The third kappa shape index (κ3) is 2.87. The van der Waals surface area contributed by atoms with Crippen LogP contribution in [0.25, 0.3) is 0 Å². The van der Waals surface area contributed by atoms with Gasteiger partial charge in [0.15, 0.2) is 12.4 Å². The first-order chi connectivity index (χ1) is 13.5. The fourth-order valence-electron chi connectivity index (χ4n) is 3.66. The van der Waals surface area contributed by atoms with E-state index in [4.69, 9.17) is 4.74 Å². The molecule has 0 saturated carbocycles. The molecule has 0 saturated heterocycles. The van der Waals surface area contributed by atoms with Gasteiger partial charge in [0, 0.05) is 24.2 Å². The van der Waals surface area contributed by atoms with Gasteiger partial charge < -0.3 is 14.5 Å². The number of carbonyl (C=O) groups excluding carboxylic acids is 3. The number of carbonyl (C=O) groups is 3. The van der Waals surface area contributed by atoms with Crippen molar-refractivity contribution in [3.05, 3.63) is 71.8 Å². The van der Waals surface area contributed by atoms with Gasteiger partial charge in [0.05, 0.1) is 11.7 Å². The van der Waals surface area contributed by atoms with E-state index in [-0.39, 0.29) is 24.2 Å². The highest BCUT2D eigenvalue weighted by molar-refractivity contribution is 6.07. The summed E-state index contributed by atoms with van der Waals surface area (Å²) in [5, 5.41) is 0. The van der Waals surface area contributed by atoms with E-state index in [0.717, 1.165) is 5.56 Å². The van der Waals surface area contributed by atoms with Crippen molar-refractivity contribution < 1.29 is 19.1 Å². The summed E-state index contributed by atoms with van der Waals surface area (Å²) in [5.74, 6) is 0.0484. The first kappa shape index (κ1) is 18.0. The normalized spacial score (nSPS) is 16.3. The predicted octanol–water partition coefficient (Wildman–Crippen LogP) is 2.83. The number of fused-ring (bicyclic) bond motifs is 2. The molecule has 0 bridgehead atoms. The Hall–Kier alpha value is -3.41. The Bertz CT molecular complexity index is 998. The van der Waals surface area contributed by atoms with Crippen LogP contribution in [0.3, 0.4) is 0 Å². The van der Waals surface area contributed by atoms with Crippen LogP contribution in [0.2, 0.25) is 0 Å². The third-order valence-electron chi connectivity index (χ3n) is 5.19. The number of amides is 2. The van der Waals surface area contributed by atoms with Gasteiger partial charge in [-0.2, -0.15) is 0 Å². The number of ether oxygens (including phenoxy) is 1. The Morgan fingerprint density at radius 1 is 1.25 bits per heavy atom. The lowest BCUT2D eigenvalue weighted by Crippen LogP contribution is -2.40. The van der Waals surface area contributed by atoms with Gasteiger partial charge in [-0.05, 0) is 36.8 Å². The highest BCUT2D eigenvalue weighted by Crippen LogP contribution is 2.34. The van der Waals surface area contributed by atoms with E-state index >= 15 is 0 Å². The Balaban J connectivity index is 1.61. The zero-order chi connectivity index (χ0) is 19.8. The standard InChI is InChI=1S/C22H20N2O4/c1-3-10-23-18-11-15(8-9-19(18)28-13-20(23)25)21(26)14(2)24-12-16-6-4-5-7-17(16)22(24)27/h3-9,11,14H,1,10,12-13H2,2H3. The molecular formula is C22H20N2O4. The number of hydrogen-bond donors (Lipinski definition) is 0. The van der Waals surface area contributed by atoms with Gasteiger partial charge in [0.2, 0.25) is 0 Å². The molecular weight excluding hydrogens is 356 g/mol. The van der Waals surface area contributed by atoms with Gasteiger partial charge in [-0.15, -0.1) is 6.58 Å². The molecule has 1 unspecified atom stereocenters. The van der Waals surface area contributed by atoms with Crippen molar-refractivity contribution in [2.24, 2.45) is 0 Å². The van der Waals surface area contributed by atoms with Crippen molar-refractivity contribution in [3.63, 3.8) is 0 Å². The molecule has 2 amide bonds. The molecule has 2 aromatic carbocycles. The highest BCUT2D eigenvalue weighted by Gasteiger charge is 2.34. The lowest BCUT2D eigenvalue weighted by Gasteiger charge is -2.29. The Kier molecular flexibility index (Phi) is 4.47. The highest BCUT2D eigenvalue weighted by atomic mass is 16.5. The molecule has 142 valence electrons. The summed E-state index contributed by atoms with van der Waals surface area (Å²) in [6, 6.07) is 11.8. The number of nitrogens with zero attached hydrogens (tertiary/aromatic N) is 2. The maximum atomic E-state index is 13.1. The molecule has 1 atom stereocenters. The average Bonchev–Trinajstić information content (AvgIpc) is 3.05. The molecule has 2 aliphatic rings. The SMILES string of the molecule is C=CCN1C(=O)COc2ccc(C(=O)C(C)N3Cc4ccccc4C3=O)cc21. The van der Waals surface area contributed by atoms with Crippen LogP contribution in [-0.2, 0) is 11.3 Å². The van der Waals surface area contributed by atoms with E-state index in [1.54, 1.807) is 47.1 Å². The lowest BCUT2D eigenvalue weighted by atomic mass is 10.0. The molecule has 0 fully saturated rings. The van der Waals surface area contributed by atoms with Gasteiger partial charge in [-0.1, -0.05) is 24.3 Å². The molecule has 0 aliphatic carbocycles. The second-order valence-corrected chi connectivity index (χ2v) is 6.89. The lowest BCUT2D eigenvalue weighted by molar-refractivity contribution is -0.121. The van der Waals surface area contributed by atoms with E-state index in [9.17, 15) is 14.4 Å².